The summed E-state index contributed by atoms with van der Waals surface area (Å²) in [6, 6.07) is 16.1. The molecule has 1 aromatic heterocycles. The van der Waals surface area contributed by atoms with E-state index in [1.807, 2.05) is 45.0 Å². The number of aliphatic imine (C=N–C) groups is 1. The third kappa shape index (κ3) is 3.72. The summed E-state index contributed by atoms with van der Waals surface area (Å²) in [5.74, 6) is -0.849. The Balaban J connectivity index is 1.51. The number of benzene rings is 2. The molecule has 33 heavy (non-hydrogen) atoms. The van der Waals surface area contributed by atoms with E-state index in [2.05, 4.69) is 20.7 Å². The van der Waals surface area contributed by atoms with Crippen molar-refractivity contribution in [3.05, 3.63) is 94.1 Å². The molecule has 0 fully saturated rings. The van der Waals surface area contributed by atoms with E-state index < -0.39 is 5.91 Å². The second-order valence-electron chi connectivity index (χ2n) is 7.93. The monoisotopic (exact) mass is 457 g/mol. The van der Waals surface area contributed by atoms with Crippen LogP contribution in [0.4, 0.5) is 4.39 Å². The molecule has 0 bridgehead atoms. The lowest BCUT2D eigenvalue weighted by atomic mass is 10.1. The van der Waals surface area contributed by atoms with Gasteiger partial charge in [-0.15, -0.1) is 0 Å². The Morgan fingerprint density at radius 2 is 1.82 bits per heavy atom. The van der Waals surface area contributed by atoms with Crippen LogP contribution in [0.1, 0.15) is 28.1 Å². The molecular formula is C25H20FN5OS. The van der Waals surface area contributed by atoms with E-state index in [0.29, 0.717) is 15.8 Å². The second kappa shape index (κ2) is 7.97. The molecule has 3 heterocycles. The predicted octanol–water partition coefficient (Wildman–Crippen LogP) is 5.21. The number of carbonyl (C=O) groups is 1. The van der Waals surface area contributed by atoms with Gasteiger partial charge in [0, 0.05) is 22.6 Å². The first-order valence-electron chi connectivity index (χ1n) is 10.3. The standard InChI is InChI=1S/C25H20FN5OS/c1-14-5-4-6-20(11-14)30-15(2)12-18(16(30)3)13-21-22(27)31-25(28-23(21)32)33-24(29-31)17-7-9-19(26)10-8-17/h4-13,27H,1-3H3/b21-13+,27-22?. The number of amidine groups is 2. The number of carbonyl (C=O) groups excluding carboxylic acids is 1. The number of nitrogens with zero attached hydrogens (tertiary/aromatic N) is 4. The van der Waals surface area contributed by atoms with Gasteiger partial charge in [0.1, 0.15) is 10.9 Å². The summed E-state index contributed by atoms with van der Waals surface area (Å²) < 4.78 is 15.4. The second-order valence-corrected chi connectivity index (χ2v) is 8.89. The van der Waals surface area contributed by atoms with Crippen molar-refractivity contribution < 1.29 is 9.18 Å². The maximum absolute atomic E-state index is 13.3. The molecule has 1 N–H and O–H groups in total. The topological polar surface area (TPSA) is 73.8 Å². The fourth-order valence-electron chi connectivity index (χ4n) is 3.95. The lowest BCUT2D eigenvalue weighted by Gasteiger charge is -2.20. The van der Waals surface area contributed by atoms with Crippen LogP contribution in [0.3, 0.4) is 0 Å². The first kappa shape index (κ1) is 21.1. The number of halogens is 1. The van der Waals surface area contributed by atoms with Crippen molar-refractivity contribution in [2.45, 2.75) is 20.8 Å². The van der Waals surface area contributed by atoms with Crippen LogP contribution in [-0.4, -0.2) is 31.5 Å². The van der Waals surface area contributed by atoms with Gasteiger partial charge in [-0.25, -0.2) is 4.39 Å². The minimum atomic E-state index is -0.477. The highest BCUT2D eigenvalue weighted by molar-refractivity contribution is 8.27. The van der Waals surface area contributed by atoms with Crippen LogP contribution in [0.5, 0.6) is 0 Å². The number of fused-ring (bicyclic) bond motifs is 1. The summed E-state index contributed by atoms with van der Waals surface area (Å²) >= 11 is 1.19. The molecule has 5 rings (SSSR count). The number of aryl methyl sites for hydroxylation is 2. The van der Waals surface area contributed by atoms with Crippen LogP contribution >= 0.6 is 11.8 Å². The molecule has 0 saturated carbocycles. The van der Waals surface area contributed by atoms with Crippen molar-refractivity contribution in [1.82, 2.24) is 9.58 Å². The minimum absolute atomic E-state index is 0.0324. The maximum Gasteiger partial charge on any atom is 0.283 e. The Morgan fingerprint density at radius 3 is 2.55 bits per heavy atom. The summed E-state index contributed by atoms with van der Waals surface area (Å²) in [4.78, 5) is 17.0. The van der Waals surface area contributed by atoms with Crippen LogP contribution in [0.25, 0.3) is 11.8 Å². The van der Waals surface area contributed by atoms with Crippen LogP contribution in [-0.2, 0) is 4.79 Å². The normalized spacial score (nSPS) is 16.8. The Morgan fingerprint density at radius 1 is 1.06 bits per heavy atom. The fraction of sp³-hybridized carbons (Fsp3) is 0.120. The Bertz CT molecular complexity index is 1420. The van der Waals surface area contributed by atoms with E-state index in [4.69, 9.17) is 5.41 Å². The number of hydrazone groups is 1. The van der Waals surface area contributed by atoms with Gasteiger partial charge in [-0.1, -0.05) is 12.1 Å². The van der Waals surface area contributed by atoms with Gasteiger partial charge < -0.3 is 4.57 Å². The number of hydrogen-bond acceptors (Lipinski definition) is 4. The van der Waals surface area contributed by atoms with Gasteiger partial charge >= 0.3 is 0 Å². The van der Waals surface area contributed by atoms with Crippen molar-refractivity contribution in [2.24, 2.45) is 10.1 Å². The van der Waals surface area contributed by atoms with Crippen molar-refractivity contribution >= 4 is 39.8 Å². The van der Waals surface area contributed by atoms with E-state index in [-0.39, 0.29) is 17.2 Å². The molecule has 0 radical (unpaired) electrons. The summed E-state index contributed by atoms with van der Waals surface area (Å²) in [5, 5.41) is 15.3. The summed E-state index contributed by atoms with van der Waals surface area (Å²) in [7, 11) is 0. The van der Waals surface area contributed by atoms with E-state index >= 15 is 0 Å². The Kier molecular flexibility index (Phi) is 5.09. The number of thioether (sulfide) groups is 1. The van der Waals surface area contributed by atoms with Gasteiger partial charge in [0.2, 0.25) is 5.17 Å². The molecule has 0 spiro atoms. The molecule has 0 saturated heterocycles. The highest BCUT2D eigenvalue weighted by Gasteiger charge is 2.36. The molecule has 6 nitrogen and oxygen atoms in total. The minimum Gasteiger partial charge on any atom is -0.318 e. The zero-order valence-corrected chi connectivity index (χ0v) is 19.1. The largest absolute Gasteiger partial charge is 0.318 e. The molecule has 3 aromatic rings. The smallest absolute Gasteiger partial charge is 0.283 e. The average Bonchev–Trinajstić information content (AvgIpc) is 3.32. The summed E-state index contributed by atoms with van der Waals surface area (Å²) in [6.45, 7) is 6.05. The summed E-state index contributed by atoms with van der Waals surface area (Å²) in [5.41, 5.74) is 5.91. The molecule has 2 aromatic carbocycles. The zero-order chi connectivity index (χ0) is 23.3. The molecule has 164 valence electrons. The van der Waals surface area contributed by atoms with E-state index in [1.54, 1.807) is 18.2 Å². The third-order valence-corrected chi connectivity index (χ3v) is 6.53. The molecule has 1 amide bonds. The number of amides is 1. The highest BCUT2D eigenvalue weighted by Crippen LogP contribution is 2.32. The van der Waals surface area contributed by atoms with Gasteiger partial charge in [-0.05, 0) is 92.2 Å². The molecular weight excluding hydrogens is 437 g/mol. The number of rotatable bonds is 3. The van der Waals surface area contributed by atoms with Gasteiger partial charge in [0.15, 0.2) is 5.84 Å². The molecule has 2 aliphatic rings. The third-order valence-electron chi connectivity index (χ3n) is 5.58. The molecule has 0 unspecified atom stereocenters. The Labute approximate surface area is 194 Å². The Hall–Kier alpha value is -3.78. The van der Waals surface area contributed by atoms with E-state index in [9.17, 15) is 9.18 Å². The van der Waals surface area contributed by atoms with Crippen LogP contribution < -0.4 is 0 Å². The lowest BCUT2D eigenvalue weighted by molar-refractivity contribution is -0.114. The van der Waals surface area contributed by atoms with Crippen LogP contribution in [0.2, 0.25) is 0 Å². The SMILES string of the molecule is Cc1cccc(-n2c(C)cc(/C=C3\C(=N)N4N=C(c5ccc(F)cc5)SC4=NC3=O)c2C)c1. The fourth-order valence-corrected chi connectivity index (χ4v) is 4.85. The molecule has 0 atom stereocenters. The van der Waals surface area contributed by atoms with Gasteiger partial charge in [0.05, 0.1) is 5.57 Å². The predicted molar refractivity (Wildman–Crippen MR) is 130 cm³/mol. The molecule has 0 aliphatic carbocycles. The quantitative estimate of drug-likeness (QED) is 0.549. The van der Waals surface area contributed by atoms with Gasteiger partial charge in [0.25, 0.3) is 5.91 Å². The number of hydrogen-bond donors (Lipinski definition) is 1. The molecule has 2 aliphatic heterocycles. The molecule has 8 heteroatoms. The first-order chi connectivity index (χ1) is 15.8. The first-order valence-corrected chi connectivity index (χ1v) is 11.2. The lowest BCUT2D eigenvalue weighted by Crippen LogP contribution is -2.35. The van der Waals surface area contributed by atoms with Crippen LogP contribution in [0.15, 0.2) is 70.3 Å². The number of aromatic nitrogens is 1. The van der Waals surface area contributed by atoms with Crippen molar-refractivity contribution in [3.63, 3.8) is 0 Å². The summed E-state index contributed by atoms with van der Waals surface area (Å²) in [6.07, 6.45) is 1.70. The average molecular weight is 458 g/mol. The van der Waals surface area contributed by atoms with E-state index in [1.165, 1.54) is 28.9 Å². The van der Waals surface area contributed by atoms with E-state index in [0.717, 1.165) is 28.2 Å². The number of nitrogens with one attached hydrogen (secondary N) is 1. The van der Waals surface area contributed by atoms with Gasteiger partial charge in [-0.2, -0.15) is 15.1 Å². The highest BCUT2D eigenvalue weighted by atomic mass is 32.2. The van der Waals surface area contributed by atoms with Gasteiger partial charge in [-0.3, -0.25) is 10.2 Å². The van der Waals surface area contributed by atoms with Crippen molar-refractivity contribution in [2.75, 3.05) is 0 Å². The van der Waals surface area contributed by atoms with Crippen molar-refractivity contribution in [1.29, 1.82) is 5.41 Å². The maximum atomic E-state index is 13.3. The van der Waals surface area contributed by atoms with Crippen LogP contribution in [0, 0.1) is 32.0 Å². The zero-order valence-electron chi connectivity index (χ0n) is 18.3. The van der Waals surface area contributed by atoms with Crippen molar-refractivity contribution in [3.8, 4) is 5.69 Å².